The van der Waals surface area contributed by atoms with Gasteiger partial charge in [-0.15, -0.1) is 0 Å². The van der Waals surface area contributed by atoms with E-state index in [4.69, 9.17) is 14.0 Å². The fourth-order valence-corrected chi connectivity index (χ4v) is 3.93. The molecule has 158 valence electrons. The zero-order valence-corrected chi connectivity index (χ0v) is 17.5. The summed E-state index contributed by atoms with van der Waals surface area (Å²) in [6.07, 6.45) is 1.89. The third-order valence-corrected chi connectivity index (χ3v) is 5.78. The van der Waals surface area contributed by atoms with Crippen molar-refractivity contribution in [2.24, 2.45) is 0 Å². The number of methoxy groups -OCH3 is 2. The number of aromatic nitrogens is 1. The Hall–Kier alpha value is -2.83. The second kappa shape index (κ2) is 8.90. The lowest BCUT2D eigenvalue weighted by atomic mass is 9.87. The number of hydrogen-bond acceptors (Lipinski definition) is 6. The van der Waals surface area contributed by atoms with Crippen LogP contribution in [0.2, 0.25) is 0 Å². The zero-order valence-electron chi connectivity index (χ0n) is 17.5. The summed E-state index contributed by atoms with van der Waals surface area (Å²) < 4.78 is 16.0. The van der Waals surface area contributed by atoms with Gasteiger partial charge in [-0.05, 0) is 42.7 Å². The van der Waals surface area contributed by atoms with E-state index < -0.39 is 5.60 Å². The number of rotatable bonds is 7. The third-order valence-electron chi connectivity index (χ3n) is 5.78. The fourth-order valence-electron chi connectivity index (χ4n) is 3.93. The first-order valence-corrected chi connectivity index (χ1v) is 10.2. The van der Waals surface area contributed by atoms with Gasteiger partial charge < -0.3 is 19.1 Å². The first kappa shape index (κ1) is 20.4. The van der Waals surface area contributed by atoms with E-state index in [1.807, 2.05) is 42.5 Å². The molecule has 2 aromatic carbocycles. The fraction of sp³-hybridized carbons (Fsp3) is 0.375. The number of nitrogens with zero attached hydrogens (tertiary/aromatic N) is 2. The van der Waals surface area contributed by atoms with Crippen molar-refractivity contribution in [2.45, 2.75) is 31.4 Å². The van der Waals surface area contributed by atoms with E-state index in [-0.39, 0.29) is 0 Å². The van der Waals surface area contributed by atoms with Crippen LogP contribution in [0.15, 0.2) is 59.1 Å². The molecule has 1 aliphatic rings. The molecule has 1 aliphatic heterocycles. The van der Waals surface area contributed by atoms with Crippen LogP contribution in [-0.4, -0.2) is 48.1 Å². The molecule has 30 heavy (non-hydrogen) atoms. The smallest absolute Gasteiger partial charge is 0.140 e. The Morgan fingerprint density at radius 2 is 1.73 bits per heavy atom. The molecule has 6 nitrogen and oxygen atoms in total. The summed E-state index contributed by atoms with van der Waals surface area (Å²) in [4.78, 5) is 2.37. The van der Waals surface area contributed by atoms with Gasteiger partial charge in [-0.25, -0.2) is 0 Å². The highest BCUT2D eigenvalue weighted by atomic mass is 16.5. The van der Waals surface area contributed by atoms with E-state index in [9.17, 15) is 5.11 Å². The molecule has 1 saturated heterocycles. The average molecular weight is 408 g/mol. The van der Waals surface area contributed by atoms with Gasteiger partial charge in [0, 0.05) is 37.7 Å². The van der Waals surface area contributed by atoms with Gasteiger partial charge in [-0.1, -0.05) is 29.4 Å². The maximum atomic E-state index is 11.1. The Balaban J connectivity index is 1.34. The molecule has 2 heterocycles. The van der Waals surface area contributed by atoms with Crippen molar-refractivity contribution in [3.8, 4) is 22.8 Å². The molecule has 0 unspecified atom stereocenters. The molecule has 0 atom stereocenters. The number of piperidine rings is 1. The molecule has 1 aromatic heterocycles. The van der Waals surface area contributed by atoms with Crippen LogP contribution < -0.4 is 9.47 Å². The minimum absolute atomic E-state index is 0.473. The molecule has 6 heteroatoms. The molecule has 0 spiro atoms. The van der Waals surface area contributed by atoms with E-state index in [2.05, 4.69) is 22.2 Å². The monoisotopic (exact) mass is 408 g/mol. The Kier molecular flexibility index (Phi) is 6.06. The van der Waals surface area contributed by atoms with Gasteiger partial charge >= 0.3 is 0 Å². The molecule has 1 fully saturated rings. The van der Waals surface area contributed by atoms with E-state index >= 15 is 0 Å². The largest absolute Gasteiger partial charge is 0.497 e. The molecule has 0 bridgehead atoms. The maximum absolute atomic E-state index is 11.1. The van der Waals surface area contributed by atoms with Crippen LogP contribution in [0.25, 0.3) is 11.3 Å². The van der Waals surface area contributed by atoms with Crippen LogP contribution in [0.5, 0.6) is 11.5 Å². The van der Waals surface area contributed by atoms with E-state index in [0.717, 1.165) is 42.4 Å². The summed E-state index contributed by atoms with van der Waals surface area (Å²) in [7, 11) is 3.32. The quantitative estimate of drug-likeness (QED) is 0.639. The van der Waals surface area contributed by atoms with Gasteiger partial charge in [0.15, 0.2) is 0 Å². The Morgan fingerprint density at radius 1 is 1.00 bits per heavy atom. The Bertz CT molecular complexity index is 959. The summed E-state index contributed by atoms with van der Waals surface area (Å²) in [5, 5.41) is 15.3. The van der Waals surface area contributed by atoms with Gasteiger partial charge in [0.05, 0.1) is 19.8 Å². The van der Waals surface area contributed by atoms with Crippen molar-refractivity contribution < 1.29 is 19.1 Å². The normalized spacial score (nSPS) is 16.4. The molecule has 0 saturated carbocycles. The van der Waals surface area contributed by atoms with Crippen LogP contribution >= 0.6 is 0 Å². The van der Waals surface area contributed by atoms with Crippen molar-refractivity contribution in [3.63, 3.8) is 0 Å². The molecule has 1 N–H and O–H groups in total. The van der Waals surface area contributed by atoms with Crippen LogP contribution in [0.4, 0.5) is 0 Å². The Labute approximate surface area is 177 Å². The van der Waals surface area contributed by atoms with Crippen molar-refractivity contribution in [2.75, 3.05) is 27.3 Å². The molecule has 4 rings (SSSR count). The van der Waals surface area contributed by atoms with Gasteiger partial charge in [0.1, 0.15) is 23.0 Å². The lowest BCUT2D eigenvalue weighted by Crippen LogP contribution is -2.45. The molecular weight excluding hydrogens is 380 g/mol. The van der Waals surface area contributed by atoms with Crippen LogP contribution in [0.1, 0.15) is 24.2 Å². The van der Waals surface area contributed by atoms with E-state index in [0.29, 0.717) is 25.0 Å². The van der Waals surface area contributed by atoms with Gasteiger partial charge in [0.25, 0.3) is 0 Å². The first-order chi connectivity index (χ1) is 14.6. The Morgan fingerprint density at radius 3 is 2.43 bits per heavy atom. The molecule has 3 aromatic rings. The summed E-state index contributed by atoms with van der Waals surface area (Å²) in [6, 6.07) is 17.8. The van der Waals surface area contributed by atoms with Crippen LogP contribution in [0, 0.1) is 0 Å². The van der Waals surface area contributed by atoms with Gasteiger partial charge in [-0.2, -0.15) is 0 Å². The van der Waals surface area contributed by atoms with Crippen molar-refractivity contribution in [1.82, 2.24) is 10.1 Å². The summed E-state index contributed by atoms with van der Waals surface area (Å²) >= 11 is 0. The van der Waals surface area contributed by atoms with Crippen molar-refractivity contribution in [1.29, 1.82) is 0 Å². The second-order valence-corrected chi connectivity index (χ2v) is 7.94. The number of likely N-dealkylation sites (tertiary alicyclic amines) is 1. The van der Waals surface area contributed by atoms with Crippen LogP contribution in [0.3, 0.4) is 0 Å². The third kappa shape index (κ3) is 4.83. The number of ether oxygens (including phenoxy) is 2. The second-order valence-electron chi connectivity index (χ2n) is 7.94. The van der Waals surface area contributed by atoms with Gasteiger partial charge in [-0.3, -0.25) is 4.90 Å². The summed E-state index contributed by atoms with van der Waals surface area (Å²) in [5.41, 5.74) is 2.18. The number of aliphatic hydroxyl groups is 1. The number of hydrogen-bond donors (Lipinski definition) is 1. The zero-order chi connectivity index (χ0) is 21.0. The van der Waals surface area contributed by atoms with Crippen molar-refractivity contribution in [3.05, 3.63) is 65.9 Å². The molecular formula is C24H28N2O4. The number of benzene rings is 2. The predicted molar refractivity (Wildman–Crippen MR) is 115 cm³/mol. The highest BCUT2D eigenvalue weighted by Gasteiger charge is 2.33. The molecule has 0 radical (unpaired) electrons. The maximum Gasteiger partial charge on any atom is 0.140 e. The summed E-state index contributed by atoms with van der Waals surface area (Å²) in [6.45, 7) is 2.57. The highest BCUT2D eigenvalue weighted by Crippen LogP contribution is 2.30. The van der Waals surface area contributed by atoms with Crippen molar-refractivity contribution >= 4 is 0 Å². The van der Waals surface area contributed by atoms with E-state index in [1.165, 1.54) is 5.56 Å². The lowest BCUT2D eigenvalue weighted by Gasteiger charge is -2.37. The lowest BCUT2D eigenvalue weighted by molar-refractivity contribution is -0.0265. The predicted octanol–water partition coefficient (Wildman–Crippen LogP) is 3.93. The highest BCUT2D eigenvalue weighted by molar-refractivity contribution is 5.60. The minimum atomic E-state index is -0.762. The minimum Gasteiger partial charge on any atom is -0.497 e. The topological polar surface area (TPSA) is 68.0 Å². The molecule has 0 amide bonds. The first-order valence-electron chi connectivity index (χ1n) is 10.2. The average Bonchev–Trinajstić information content (AvgIpc) is 3.24. The van der Waals surface area contributed by atoms with Gasteiger partial charge in [0.2, 0.25) is 0 Å². The SMILES string of the molecule is COc1ccc(CN2CCC(O)(Cc3cc(-c4cccc(OC)c4)no3)CC2)cc1. The van der Waals surface area contributed by atoms with E-state index in [1.54, 1.807) is 14.2 Å². The molecule has 0 aliphatic carbocycles. The standard InChI is InChI=1S/C24H28N2O4/c1-28-20-8-6-18(7-9-20)17-26-12-10-24(27,11-13-26)16-22-15-23(25-30-22)19-4-3-5-21(14-19)29-2/h3-9,14-15,27H,10-13,16-17H2,1-2H3. The summed E-state index contributed by atoms with van der Waals surface area (Å²) in [5.74, 6) is 2.35. The van der Waals surface area contributed by atoms with Crippen LogP contribution in [-0.2, 0) is 13.0 Å².